The SMILES string of the molecule is O=C(c1ccccc1)c1c(CN2C(=O)c3ccccc3C2=O)cc[nH]c1=S. The molecule has 3 aromatic rings. The van der Waals surface area contributed by atoms with Crippen molar-refractivity contribution in [1.29, 1.82) is 0 Å². The molecule has 132 valence electrons. The highest BCUT2D eigenvalue weighted by Crippen LogP contribution is 2.26. The molecule has 2 aromatic carbocycles. The summed E-state index contributed by atoms with van der Waals surface area (Å²) in [6.45, 7) is -0.0153. The molecule has 6 heteroatoms. The van der Waals surface area contributed by atoms with E-state index in [-0.39, 0.29) is 28.8 Å². The Balaban J connectivity index is 1.74. The van der Waals surface area contributed by atoms with Gasteiger partial charge in [0.05, 0.1) is 23.2 Å². The predicted molar refractivity (Wildman–Crippen MR) is 102 cm³/mol. The van der Waals surface area contributed by atoms with Gasteiger partial charge in [0, 0.05) is 11.8 Å². The molecule has 0 saturated carbocycles. The van der Waals surface area contributed by atoms with Crippen LogP contribution in [0, 0.1) is 4.64 Å². The van der Waals surface area contributed by atoms with Crippen LogP contribution in [0.1, 0.15) is 42.2 Å². The summed E-state index contributed by atoms with van der Waals surface area (Å²) in [4.78, 5) is 42.2. The molecule has 1 aromatic heterocycles. The van der Waals surface area contributed by atoms with E-state index in [0.29, 0.717) is 27.8 Å². The summed E-state index contributed by atoms with van der Waals surface area (Å²) in [5.41, 5.74) is 2.07. The van der Waals surface area contributed by atoms with Gasteiger partial charge in [-0.3, -0.25) is 19.3 Å². The molecule has 2 heterocycles. The number of aromatic nitrogens is 1. The minimum atomic E-state index is -0.368. The average Bonchev–Trinajstić information content (AvgIpc) is 2.94. The number of carbonyl (C=O) groups excluding carboxylic acids is 3. The van der Waals surface area contributed by atoms with E-state index >= 15 is 0 Å². The van der Waals surface area contributed by atoms with E-state index in [1.165, 1.54) is 0 Å². The summed E-state index contributed by atoms with van der Waals surface area (Å²) in [7, 11) is 0. The first-order valence-corrected chi connectivity index (χ1v) is 8.74. The Bertz CT molecular complexity index is 1100. The molecule has 27 heavy (non-hydrogen) atoms. The molecule has 1 aliphatic rings. The van der Waals surface area contributed by atoms with Gasteiger partial charge >= 0.3 is 0 Å². The third kappa shape index (κ3) is 2.90. The van der Waals surface area contributed by atoms with E-state index in [0.717, 1.165) is 4.90 Å². The Morgan fingerprint density at radius 2 is 1.48 bits per heavy atom. The number of amides is 2. The lowest BCUT2D eigenvalue weighted by molar-refractivity contribution is 0.0640. The van der Waals surface area contributed by atoms with E-state index in [1.54, 1.807) is 60.8 Å². The quantitative estimate of drug-likeness (QED) is 0.429. The monoisotopic (exact) mass is 374 g/mol. The van der Waals surface area contributed by atoms with Gasteiger partial charge in [0.2, 0.25) is 0 Å². The van der Waals surface area contributed by atoms with Gasteiger partial charge in [-0.05, 0) is 23.8 Å². The molecule has 5 nitrogen and oxygen atoms in total. The van der Waals surface area contributed by atoms with Crippen molar-refractivity contribution in [3.63, 3.8) is 0 Å². The maximum Gasteiger partial charge on any atom is 0.261 e. The largest absolute Gasteiger partial charge is 0.352 e. The third-order valence-electron chi connectivity index (χ3n) is 4.52. The van der Waals surface area contributed by atoms with Crippen molar-refractivity contribution in [3.05, 3.63) is 99.3 Å². The third-order valence-corrected chi connectivity index (χ3v) is 4.84. The molecule has 0 bridgehead atoms. The number of nitrogens with zero attached hydrogens (tertiary/aromatic N) is 1. The second-order valence-electron chi connectivity index (χ2n) is 6.14. The van der Waals surface area contributed by atoms with Crippen molar-refractivity contribution in [1.82, 2.24) is 9.88 Å². The molecular weight excluding hydrogens is 360 g/mol. The molecule has 0 radical (unpaired) electrons. The van der Waals surface area contributed by atoms with Crippen LogP contribution >= 0.6 is 12.2 Å². The summed E-state index contributed by atoms with van der Waals surface area (Å²) in [5.74, 6) is -0.982. The molecule has 0 unspecified atom stereocenters. The first-order chi connectivity index (χ1) is 13.1. The van der Waals surface area contributed by atoms with Gasteiger partial charge in [0.15, 0.2) is 5.78 Å². The Kier molecular flexibility index (Phi) is 4.25. The highest BCUT2D eigenvalue weighted by atomic mass is 32.1. The Hall–Kier alpha value is -3.38. The van der Waals surface area contributed by atoms with Crippen LogP contribution in [-0.4, -0.2) is 27.5 Å². The fraction of sp³-hybridized carbons (Fsp3) is 0.0476. The maximum atomic E-state index is 13.0. The average molecular weight is 374 g/mol. The van der Waals surface area contributed by atoms with Crippen LogP contribution in [0.2, 0.25) is 0 Å². The number of carbonyl (C=O) groups is 3. The molecule has 1 aliphatic heterocycles. The number of fused-ring (bicyclic) bond motifs is 1. The standard InChI is InChI=1S/C21H14N2O3S/c24-18(13-6-2-1-3-7-13)17-14(10-11-22-19(17)27)12-23-20(25)15-8-4-5-9-16(15)21(23)26/h1-11H,12H2,(H,22,27). The second-order valence-corrected chi connectivity index (χ2v) is 6.55. The second kappa shape index (κ2) is 6.74. The van der Waals surface area contributed by atoms with Crippen molar-refractivity contribution in [2.75, 3.05) is 0 Å². The van der Waals surface area contributed by atoms with Crippen LogP contribution in [0.5, 0.6) is 0 Å². The number of aromatic amines is 1. The Morgan fingerprint density at radius 1 is 0.889 bits per heavy atom. The van der Waals surface area contributed by atoms with Gasteiger partial charge in [-0.1, -0.05) is 54.7 Å². The number of H-pyrrole nitrogens is 1. The van der Waals surface area contributed by atoms with Gasteiger partial charge in [-0.15, -0.1) is 0 Å². The van der Waals surface area contributed by atoms with E-state index < -0.39 is 0 Å². The summed E-state index contributed by atoms with van der Waals surface area (Å²) >= 11 is 5.32. The number of imide groups is 1. The fourth-order valence-corrected chi connectivity index (χ4v) is 3.48. The van der Waals surface area contributed by atoms with Crippen molar-refractivity contribution in [2.24, 2.45) is 0 Å². The summed E-state index contributed by atoms with van der Waals surface area (Å²) < 4.78 is 0.276. The highest BCUT2D eigenvalue weighted by molar-refractivity contribution is 7.71. The normalized spacial score (nSPS) is 13.0. The van der Waals surface area contributed by atoms with Gasteiger partial charge in [0.1, 0.15) is 4.64 Å². The van der Waals surface area contributed by atoms with Gasteiger partial charge < -0.3 is 4.98 Å². The minimum absolute atomic E-state index is 0.0153. The number of rotatable bonds is 4. The molecule has 0 fully saturated rings. The van der Waals surface area contributed by atoms with Crippen LogP contribution in [0.4, 0.5) is 0 Å². The first-order valence-electron chi connectivity index (χ1n) is 8.33. The minimum Gasteiger partial charge on any atom is -0.352 e. The van der Waals surface area contributed by atoms with E-state index in [4.69, 9.17) is 12.2 Å². The van der Waals surface area contributed by atoms with Gasteiger partial charge in [-0.2, -0.15) is 0 Å². The highest BCUT2D eigenvalue weighted by Gasteiger charge is 2.35. The van der Waals surface area contributed by atoms with Gasteiger partial charge in [0.25, 0.3) is 11.8 Å². The van der Waals surface area contributed by atoms with Crippen LogP contribution in [0.3, 0.4) is 0 Å². The number of hydrogen-bond acceptors (Lipinski definition) is 4. The van der Waals surface area contributed by atoms with Crippen LogP contribution in [0.25, 0.3) is 0 Å². The molecule has 0 saturated heterocycles. The van der Waals surface area contributed by atoms with E-state index in [9.17, 15) is 14.4 Å². The van der Waals surface area contributed by atoms with E-state index in [1.807, 2.05) is 6.07 Å². The lowest BCUT2D eigenvalue weighted by atomic mass is 10.00. The molecule has 4 rings (SSSR count). The summed E-state index contributed by atoms with van der Waals surface area (Å²) in [6.07, 6.45) is 1.61. The van der Waals surface area contributed by atoms with Gasteiger partial charge in [-0.25, -0.2) is 0 Å². The van der Waals surface area contributed by atoms with Crippen LogP contribution in [-0.2, 0) is 6.54 Å². The summed E-state index contributed by atoms with van der Waals surface area (Å²) in [5, 5.41) is 0. The lowest BCUT2D eigenvalue weighted by Gasteiger charge is -2.16. The summed E-state index contributed by atoms with van der Waals surface area (Å²) in [6, 6.07) is 17.1. The zero-order valence-electron chi connectivity index (χ0n) is 14.1. The predicted octanol–water partition coefficient (Wildman–Crippen LogP) is 3.77. The zero-order valence-corrected chi connectivity index (χ0v) is 15.0. The Morgan fingerprint density at radius 3 is 2.11 bits per heavy atom. The molecule has 0 atom stereocenters. The molecule has 2 amide bonds. The topological polar surface area (TPSA) is 70.2 Å². The molecule has 0 spiro atoms. The fourth-order valence-electron chi connectivity index (χ4n) is 3.19. The molecule has 1 N–H and O–H groups in total. The van der Waals surface area contributed by atoms with Crippen molar-refractivity contribution in [3.8, 4) is 0 Å². The number of benzene rings is 2. The first kappa shape index (κ1) is 17.1. The van der Waals surface area contributed by atoms with Crippen molar-refractivity contribution >= 4 is 29.8 Å². The molecule has 0 aliphatic carbocycles. The zero-order chi connectivity index (χ0) is 19.0. The van der Waals surface area contributed by atoms with E-state index in [2.05, 4.69) is 4.98 Å². The Labute approximate surface area is 160 Å². The molecular formula is C21H14N2O3S. The number of pyridine rings is 1. The van der Waals surface area contributed by atoms with Crippen LogP contribution in [0.15, 0.2) is 66.9 Å². The van der Waals surface area contributed by atoms with Crippen molar-refractivity contribution < 1.29 is 14.4 Å². The lowest BCUT2D eigenvalue weighted by Crippen LogP contribution is -2.30. The van der Waals surface area contributed by atoms with Crippen LogP contribution < -0.4 is 0 Å². The smallest absolute Gasteiger partial charge is 0.261 e. The number of hydrogen-bond donors (Lipinski definition) is 1. The maximum absolute atomic E-state index is 13.0. The van der Waals surface area contributed by atoms with Crippen molar-refractivity contribution in [2.45, 2.75) is 6.54 Å². The number of ketones is 1. The number of nitrogens with one attached hydrogen (secondary N) is 1.